The molecule has 6 atom stereocenters. The molecule has 3 fully saturated rings. The molecule has 0 radical (unpaired) electrons. The van der Waals surface area contributed by atoms with Gasteiger partial charge in [-0.1, -0.05) is 30.4 Å². The molecule has 2 bridgehead atoms. The molecule has 2 saturated carbocycles. The van der Waals surface area contributed by atoms with E-state index in [1.165, 1.54) is 4.90 Å². The Morgan fingerprint density at radius 2 is 1.68 bits per heavy atom. The van der Waals surface area contributed by atoms with Crippen molar-refractivity contribution in [1.29, 1.82) is 0 Å². The van der Waals surface area contributed by atoms with E-state index in [1.54, 1.807) is 0 Å². The number of imide groups is 1. The molecule has 1 aromatic carbocycles. The van der Waals surface area contributed by atoms with Crippen molar-refractivity contribution in [2.24, 2.45) is 35.5 Å². The monoisotopic (exact) mass is 336 g/mol. The molecule has 6 rings (SSSR count). The Balaban J connectivity index is 1.34. The number of carbonyl (C=O) groups is 3. The highest BCUT2D eigenvalue weighted by atomic mass is 16.2. The summed E-state index contributed by atoms with van der Waals surface area (Å²) in [7, 11) is 0. The van der Waals surface area contributed by atoms with E-state index in [2.05, 4.69) is 17.5 Å². The molecule has 5 nitrogen and oxygen atoms in total. The molecule has 1 heterocycles. The van der Waals surface area contributed by atoms with E-state index in [4.69, 9.17) is 0 Å². The summed E-state index contributed by atoms with van der Waals surface area (Å²) >= 11 is 0. The molecule has 0 unspecified atom stereocenters. The van der Waals surface area contributed by atoms with Crippen LogP contribution in [0.4, 0.5) is 5.69 Å². The summed E-state index contributed by atoms with van der Waals surface area (Å²) < 4.78 is 0. The van der Waals surface area contributed by atoms with E-state index in [9.17, 15) is 14.4 Å². The number of likely N-dealkylation sites (tertiary alicyclic amines) is 1. The minimum absolute atomic E-state index is 0.153. The van der Waals surface area contributed by atoms with Crippen molar-refractivity contribution in [3.05, 3.63) is 42.0 Å². The Morgan fingerprint density at radius 1 is 1.08 bits per heavy atom. The number of nitrogens with zero attached hydrogens (tertiary/aromatic N) is 1. The molecule has 5 aliphatic rings. The summed E-state index contributed by atoms with van der Waals surface area (Å²) in [6.07, 6.45) is 5.42. The molecule has 0 spiro atoms. The number of anilines is 1. The predicted molar refractivity (Wildman–Crippen MR) is 91.2 cm³/mol. The fourth-order valence-electron chi connectivity index (χ4n) is 5.22. The first-order valence-electron chi connectivity index (χ1n) is 8.95. The molecule has 3 amide bonds. The van der Waals surface area contributed by atoms with Crippen molar-refractivity contribution in [2.45, 2.75) is 13.3 Å². The highest BCUT2D eigenvalue weighted by Crippen LogP contribution is 2.65. The van der Waals surface area contributed by atoms with E-state index < -0.39 is 0 Å². The Hall–Kier alpha value is -2.43. The lowest BCUT2D eigenvalue weighted by atomic mass is 9.63. The van der Waals surface area contributed by atoms with Gasteiger partial charge in [0.25, 0.3) is 0 Å². The normalized spacial score (nSPS) is 37.1. The summed E-state index contributed by atoms with van der Waals surface area (Å²) in [5, 5.41) is 2.81. The summed E-state index contributed by atoms with van der Waals surface area (Å²) in [6, 6.07) is 7.47. The number of allylic oxidation sites excluding steroid dienone is 2. The van der Waals surface area contributed by atoms with Crippen LogP contribution in [0.5, 0.6) is 0 Å². The van der Waals surface area contributed by atoms with Crippen LogP contribution in [-0.4, -0.2) is 29.2 Å². The van der Waals surface area contributed by atoms with E-state index in [0.717, 1.165) is 12.0 Å². The molecule has 4 aliphatic carbocycles. The van der Waals surface area contributed by atoms with Gasteiger partial charge in [-0.2, -0.15) is 0 Å². The van der Waals surface area contributed by atoms with Crippen LogP contribution < -0.4 is 5.32 Å². The maximum Gasteiger partial charge on any atom is 0.244 e. The second-order valence-electron chi connectivity index (χ2n) is 7.78. The van der Waals surface area contributed by atoms with Gasteiger partial charge >= 0.3 is 0 Å². The zero-order valence-electron chi connectivity index (χ0n) is 14.0. The van der Waals surface area contributed by atoms with Gasteiger partial charge < -0.3 is 5.32 Å². The van der Waals surface area contributed by atoms with Crippen molar-refractivity contribution >= 4 is 23.4 Å². The largest absolute Gasteiger partial charge is 0.324 e. The van der Waals surface area contributed by atoms with Gasteiger partial charge in [-0.25, -0.2) is 0 Å². The summed E-state index contributed by atoms with van der Waals surface area (Å²) in [5.41, 5.74) is 1.66. The van der Waals surface area contributed by atoms with Crippen LogP contribution in [0.15, 0.2) is 36.4 Å². The molecule has 1 N–H and O–H groups in total. The smallest absolute Gasteiger partial charge is 0.244 e. The van der Waals surface area contributed by atoms with Gasteiger partial charge in [-0.05, 0) is 48.6 Å². The topological polar surface area (TPSA) is 66.5 Å². The minimum atomic E-state index is -0.319. The number of benzene rings is 1. The number of hydrogen-bond donors (Lipinski definition) is 1. The maximum absolute atomic E-state index is 12.9. The molecule has 1 aliphatic heterocycles. The second kappa shape index (κ2) is 5.04. The van der Waals surface area contributed by atoms with Gasteiger partial charge in [-0.3, -0.25) is 19.3 Å². The van der Waals surface area contributed by atoms with Gasteiger partial charge in [0.1, 0.15) is 6.54 Å². The summed E-state index contributed by atoms with van der Waals surface area (Å²) in [5.74, 6) is 0.443. The van der Waals surface area contributed by atoms with Crippen LogP contribution in [0.2, 0.25) is 0 Å². The number of hydrogen-bond acceptors (Lipinski definition) is 3. The van der Waals surface area contributed by atoms with E-state index in [-0.39, 0.29) is 47.9 Å². The third-order valence-corrected chi connectivity index (χ3v) is 6.47. The van der Waals surface area contributed by atoms with Gasteiger partial charge in [-0.15, -0.1) is 0 Å². The maximum atomic E-state index is 12.9. The molecule has 1 aromatic rings. The van der Waals surface area contributed by atoms with E-state index in [0.29, 0.717) is 17.5 Å². The quantitative estimate of drug-likeness (QED) is 0.678. The third-order valence-electron chi connectivity index (χ3n) is 6.47. The van der Waals surface area contributed by atoms with Crippen LogP contribution >= 0.6 is 0 Å². The molecule has 128 valence electrons. The van der Waals surface area contributed by atoms with Crippen molar-refractivity contribution in [3.63, 3.8) is 0 Å². The Morgan fingerprint density at radius 3 is 2.28 bits per heavy atom. The summed E-state index contributed by atoms with van der Waals surface area (Å²) in [4.78, 5) is 39.3. The third kappa shape index (κ3) is 2.04. The first-order chi connectivity index (χ1) is 12.1. The lowest BCUT2D eigenvalue weighted by molar-refractivity contribution is -0.142. The van der Waals surface area contributed by atoms with Crippen LogP contribution in [0.1, 0.15) is 12.0 Å². The number of amides is 3. The fraction of sp³-hybridized carbons (Fsp3) is 0.450. The van der Waals surface area contributed by atoms with E-state index in [1.807, 2.05) is 31.2 Å². The number of aryl methyl sites for hydroxylation is 1. The number of rotatable bonds is 3. The molecule has 25 heavy (non-hydrogen) atoms. The van der Waals surface area contributed by atoms with Crippen molar-refractivity contribution < 1.29 is 14.4 Å². The van der Waals surface area contributed by atoms with Crippen LogP contribution in [0.25, 0.3) is 0 Å². The average Bonchev–Trinajstić information content (AvgIpc) is 3.38. The SMILES string of the molecule is Cc1ccccc1NC(=O)CN1C(=O)[C@H]2[C@@H]3C=C[C@@H]([C@H]4C[C@H]34)[C@@H]2C1=O. The first-order valence-corrected chi connectivity index (χ1v) is 8.95. The number of carbonyl (C=O) groups excluding carboxylic acids is 3. The van der Waals surface area contributed by atoms with Crippen molar-refractivity contribution in [3.8, 4) is 0 Å². The lowest BCUT2D eigenvalue weighted by Gasteiger charge is -2.37. The van der Waals surface area contributed by atoms with Crippen LogP contribution in [0, 0.1) is 42.4 Å². The first kappa shape index (κ1) is 14.9. The zero-order chi connectivity index (χ0) is 17.3. The van der Waals surface area contributed by atoms with Gasteiger partial charge in [0, 0.05) is 5.69 Å². The molecular formula is C20H20N2O3. The lowest BCUT2D eigenvalue weighted by Crippen LogP contribution is -2.40. The average molecular weight is 336 g/mol. The highest BCUT2D eigenvalue weighted by Gasteiger charge is 2.67. The molecule has 1 saturated heterocycles. The zero-order valence-corrected chi connectivity index (χ0v) is 14.0. The number of nitrogens with one attached hydrogen (secondary N) is 1. The minimum Gasteiger partial charge on any atom is -0.324 e. The number of para-hydroxylation sites is 1. The molecular weight excluding hydrogens is 316 g/mol. The Labute approximate surface area is 146 Å². The fourth-order valence-corrected chi connectivity index (χ4v) is 5.22. The second-order valence-corrected chi connectivity index (χ2v) is 7.78. The van der Waals surface area contributed by atoms with Gasteiger partial charge in [0.05, 0.1) is 11.8 Å². The Bertz CT molecular complexity index is 794. The van der Waals surface area contributed by atoms with Gasteiger partial charge in [0.2, 0.25) is 17.7 Å². The van der Waals surface area contributed by atoms with Crippen molar-refractivity contribution in [1.82, 2.24) is 4.90 Å². The summed E-state index contributed by atoms with van der Waals surface area (Å²) in [6.45, 7) is 1.72. The Kier molecular flexibility index (Phi) is 3.00. The van der Waals surface area contributed by atoms with Crippen molar-refractivity contribution in [2.75, 3.05) is 11.9 Å². The van der Waals surface area contributed by atoms with Crippen LogP contribution in [-0.2, 0) is 14.4 Å². The standard InChI is InChI=1S/C20H20N2O3/c1-10-4-2-3-5-15(10)21-16(23)9-22-19(24)17-11-6-7-12(14-8-13(11)14)18(17)20(22)25/h2-7,11-14,17-18H,8-9H2,1H3,(H,21,23)/t11-,12+,13-,14-,17+,18+/m1/s1. The van der Waals surface area contributed by atoms with E-state index >= 15 is 0 Å². The highest BCUT2D eigenvalue weighted by molar-refractivity contribution is 6.09. The van der Waals surface area contributed by atoms with Crippen LogP contribution in [0.3, 0.4) is 0 Å². The molecule has 5 heteroatoms. The van der Waals surface area contributed by atoms with Gasteiger partial charge in [0.15, 0.2) is 0 Å². The predicted octanol–water partition coefficient (Wildman–Crippen LogP) is 1.99. The molecule has 0 aromatic heterocycles.